The van der Waals surface area contributed by atoms with E-state index < -0.39 is 10.5 Å². The molecule has 1 aliphatic heterocycles. The maximum absolute atomic E-state index is 12.7. The highest BCUT2D eigenvalue weighted by atomic mass is 79.9. The monoisotopic (exact) mass is 405 g/mol. The Balaban J connectivity index is 2.40. The molecule has 0 amide bonds. The number of rotatable bonds is 2. The van der Waals surface area contributed by atoms with Crippen LogP contribution in [0.25, 0.3) is 5.70 Å². The highest BCUT2D eigenvalue weighted by molar-refractivity contribution is 9.10. The number of non-ortho nitro benzene ring substituents is 1. The number of benzene rings is 1. The van der Waals surface area contributed by atoms with E-state index >= 15 is 0 Å². The average molecular weight is 406 g/mol. The van der Waals surface area contributed by atoms with Crippen molar-refractivity contribution in [3.05, 3.63) is 66.5 Å². The Kier molecular flexibility index (Phi) is 3.95. The van der Waals surface area contributed by atoms with Gasteiger partial charge in [0, 0.05) is 29.6 Å². The topological polar surface area (TPSA) is 100 Å². The van der Waals surface area contributed by atoms with Gasteiger partial charge in [0.25, 0.3) is 11.2 Å². The van der Waals surface area contributed by atoms with Crippen molar-refractivity contribution in [3.63, 3.8) is 0 Å². The van der Waals surface area contributed by atoms with Gasteiger partial charge >= 0.3 is 0 Å². The smallest absolute Gasteiger partial charge is 0.270 e. The van der Waals surface area contributed by atoms with Crippen LogP contribution in [0.3, 0.4) is 0 Å². The number of pyridine rings is 1. The lowest BCUT2D eigenvalue weighted by molar-refractivity contribution is -0.384. The first-order valence-corrected chi connectivity index (χ1v) is 8.28. The molecule has 1 aliphatic rings. The van der Waals surface area contributed by atoms with Crippen LogP contribution < -0.4 is 16.0 Å². The minimum Gasteiger partial charge on any atom is -0.483 e. The first-order chi connectivity index (χ1) is 11.6. The summed E-state index contributed by atoms with van der Waals surface area (Å²) < 4.78 is 7.69. The van der Waals surface area contributed by atoms with Gasteiger partial charge in [-0.3, -0.25) is 19.5 Å². The first kappa shape index (κ1) is 17.2. The molecule has 2 N–H and O–H groups in total. The number of nitrogens with zero attached hydrogens (tertiary/aromatic N) is 2. The maximum atomic E-state index is 12.7. The van der Waals surface area contributed by atoms with Crippen molar-refractivity contribution in [1.82, 2.24) is 4.57 Å². The molecule has 7 nitrogen and oxygen atoms in total. The molecule has 8 heteroatoms. The summed E-state index contributed by atoms with van der Waals surface area (Å²) in [5.74, 6) is 0.474. The number of ether oxygens (including phenoxy) is 1. The molecule has 0 saturated heterocycles. The van der Waals surface area contributed by atoms with Crippen LogP contribution in [-0.4, -0.2) is 15.1 Å². The fourth-order valence-corrected chi connectivity index (χ4v) is 3.24. The molecule has 25 heavy (non-hydrogen) atoms. The molecule has 130 valence electrons. The molecular weight excluding hydrogens is 390 g/mol. The summed E-state index contributed by atoms with van der Waals surface area (Å²) in [4.78, 5) is 23.3. The number of nitro benzene ring substituents is 1. The largest absolute Gasteiger partial charge is 0.483 e. The van der Waals surface area contributed by atoms with Crippen LogP contribution in [0.2, 0.25) is 0 Å². The van der Waals surface area contributed by atoms with Crippen LogP contribution in [0.5, 0.6) is 5.75 Å². The van der Waals surface area contributed by atoms with Crippen LogP contribution in [0, 0.1) is 10.1 Å². The van der Waals surface area contributed by atoms with E-state index in [9.17, 15) is 14.9 Å². The molecule has 0 bridgehead atoms. The zero-order valence-corrected chi connectivity index (χ0v) is 15.5. The summed E-state index contributed by atoms with van der Waals surface area (Å²) in [6.45, 7) is 5.58. The number of halogens is 1. The number of nitrogen functional groups attached to an aromatic ring is 1. The lowest BCUT2D eigenvalue weighted by Crippen LogP contribution is -2.36. The number of hydrogen-bond acceptors (Lipinski definition) is 5. The summed E-state index contributed by atoms with van der Waals surface area (Å²) in [7, 11) is 0. The zero-order chi connectivity index (χ0) is 18.5. The summed E-state index contributed by atoms with van der Waals surface area (Å²) in [5, 5.41) is 11.2. The molecule has 3 rings (SSSR count). The van der Waals surface area contributed by atoms with Gasteiger partial charge in [-0.25, -0.2) is 0 Å². The molecule has 0 saturated carbocycles. The van der Waals surface area contributed by atoms with Gasteiger partial charge in [-0.2, -0.15) is 0 Å². The Morgan fingerprint density at radius 3 is 2.64 bits per heavy atom. The fraction of sp³-hybridized carbons (Fsp3) is 0.235. The lowest BCUT2D eigenvalue weighted by atomic mass is 9.90. The molecule has 2 heterocycles. The predicted octanol–water partition coefficient (Wildman–Crippen LogP) is 3.55. The van der Waals surface area contributed by atoms with Crippen molar-refractivity contribution in [3.8, 4) is 5.75 Å². The molecule has 1 aromatic heterocycles. The van der Waals surface area contributed by atoms with Gasteiger partial charge in [-0.1, -0.05) is 0 Å². The Labute approximate surface area is 152 Å². The van der Waals surface area contributed by atoms with Crippen molar-refractivity contribution in [1.29, 1.82) is 0 Å². The van der Waals surface area contributed by atoms with Crippen molar-refractivity contribution >= 4 is 33.0 Å². The summed E-state index contributed by atoms with van der Waals surface area (Å²) in [5.41, 5.74) is 6.99. The zero-order valence-electron chi connectivity index (χ0n) is 13.9. The quantitative estimate of drug-likeness (QED) is 0.607. The Bertz CT molecular complexity index is 992. The Hall–Kier alpha value is -2.61. The van der Waals surface area contributed by atoms with E-state index in [2.05, 4.69) is 15.9 Å². The Morgan fingerprint density at radius 1 is 1.32 bits per heavy atom. The second-order valence-corrected chi connectivity index (χ2v) is 7.17. The summed E-state index contributed by atoms with van der Waals surface area (Å²) in [6, 6.07) is 5.86. The molecule has 0 atom stereocenters. The van der Waals surface area contributed by atoms with Crippen LogP contribution in [-0.2, 0) is 0 Å². The molecule has 2 aromatic rings. The number of fused-ring (bicyclic) bond motifs is 1. The minimum absolute atomic E-state index is 0.0802. The van der Waals surface area contributed by atoms with Gasteiger partial charge in [0.05, 0.1) is 15.1 Å². The van der Waals surface area contributed by atoms with Gasteiger partial charge in [-0.15, -0.1) is 0 Å². The molecule has 0 radical (unpaired) electrons. The van der Waals surface area contributed by atoms with Crippen LogP contribution in [0.4, 0.5) is 11.4 Å². The second kappa shape index (κ2) is 5.73. The number of aromatic nitrogens is 1. The third kappa shape index (κ3) is 2.82. The van der Waals surface area contributed by atoms with Crippen molar-refractivity contribution in [2.24, 2.45) is 0 Å². The molecule has 1 aromatic carbocycles. The van der Waals surface area contributed by atoms with E-state index in [1.807, 2.05) is 20.8 Å². The summed E-state index contributed by atoms with van der Waals surface area (Å²) >= 11 is 3.21. The standard InChI is InChI=1S/C17H16BrN3O4/c1-9-15(20-8-10(19)6-13(18)16(20)22)12-7-11(21(23)24)4-5-14(12)25-17(9,2)3/h4-8H,19H2,1-3H3. The van der Waals surface area contributed by atoms with Gasteiger partial charge in [0.2, 0.25) is 0 Å². The third-order valence-corrected chi connectivity index (χ3v) is 4.86. The predicted molar refractivity (Wildman–Crippen MR) is 98.6 cm³/mol. The van der Waals surface area contributed by atoms with Crippen LogP contribution >= 0.6 is 15.9 Å². The highest BCUT2D eigenvalue weighted by Crippen LogP contribution is 2.42. The second-order valence-electron chi connectivity index (χ2n) is 6.32. The number of hydrogen-bond donors (Lipinski definition) is 1. The number of nitrogens with two attached hydrogens (primary N) is 1. The molecule has 0 unspecified atom stereocenters. The van der Waals surface area contributed by atoms with E-state index in [0.717, 1.165) is 5.57 Å². The molecular formula is C17H16BrN3O4. The molecule has 0 spiro atoms. The van der Waals surface area contributed by atoms with E-state index in [-0.39, 0.29) is 11.2 Å². The SMILES string of the molecule is CC1=C(n2cc(N)cc(Br)c2=O)c2cc([N+](=O)[O-])ccc2OC1(C)C. The van der Waals surface area contributed by atoms with Crippen LogP contribution in [0.1, 0.15) is 26.3 Å². The third-order valence-electron chi connectivity index (χ3n) is 4.29. The van der Waals surface area contributed by atoms with Gasteiger partial charge < -0.3 is 10.5 Å². The van der Waals surface area contributed by atoms with Gasteiger partial charge in [0.15, 0.2) is 0 Å². The lowest BCUT2D eigenvalue weighted by Gasteiger charge is -2.36. The maximum Gasteiger partial charge on any atom is 0.270 e. The van der Waals surface area contributed by atoms with E-state index in [4.69, 9.17) is 10.5 Å². The molecule has 0 fully saturated rings. The van der Waals surface area contributed by atoms with Gasteiger partial charge in [-0.05, 0) is 54.4 Å². The van der Waals surface area contributed by atoms with E-state index in [0.29, 0.717) is 27.2 Å². The average Bonchev–Trinajstić information content (AvgIpc) is 2.52. The van der Waals surface area contributed by atoms with E-state index in [1.54, 1.807) is 6.07 Å². The number of anilines is 1. The van der Waals surface area contributed by atoms with Gasteiger partial charge in [0.1, 0.15) is 11.4 Å². The van der Waals surface area contributed by atoms with E-state index in [1.165, 1.54) is 29.0 Å². The van der Waals surface area contributed by atoms with Crippen molar-refractivity contribution < 1.29 is 9.66 Å². The summed E-state index contributed by atoms with van der Waals surface area (Å²) in [6.07, 6.45) is 1.51. The Morgan fingerprint density at radius 2 is 2.00 bits per heavy atom. The first-order valence-electron chi connectivity index (χ1n) is 7.49. The number of nitro groups is 1. The van der Waals surface area contributed by atoms with Crippen LogP contribution in [0.15, 0.2) is 45.3 Å². The van der Waals surface area contributed by atoms with Crippen molar-refractivity contribution in [2.75, 3.05) is 5.73 Å². The molecule has 0 aliphatic carbocycles. The minimum atomic E-state index is -0.686. The normalized spacial score (nSPS) is 15.5. The highest BCUT2D eigenvalue weighted by Gasteiger charge is 2.34. The fourth-order valence-electron chi connectivity index (χ4n) is 2.79. The van der Waals surface area contributed by atoms with Crippen molar-refractivity contribution in [2.45, 2.75) is 26.4 Å².